The minimum Gasteiger partial charge on any atom is -0.392 e. The molecule has 0 aliphatic heterocycles. The number of benzene rings is 2. The van der Waals surface area contributed by atoms with Gasteiger partial charge in [0.2, 0.25) is 0 Å². The van der Waals surface area contributed by atoms with Crippen molar-refractivity contribution in [3.8, 4) is 0 Å². The van der Waals surface area contributed by atoms with Crippen molar-refractivity contribution < 1.29 is 10.2 Å². The van der Waals surface area contributed by atoms with Gasteiger partial charge in [0.05, 0.1) is 12.2 Å². The predicted octanol–water partition coefficient (Wildman–Crippen LogP) is 4.45. The van der Waals surface area contributed by atoms with E-state index in [4.69, 9.17) is 0 Å². The Morgan fingerprint density at radius 1 is 0.696 bits per heavy atom. The summed E-state index contributed by atoms with van der Waals surface area (Å²) >= 11 is 0. The maximum atomic E-state index is 11.1. The van der Waals surface area contributed by atoms with Gasteiger partial charge < -0.3 is 10.2 Å². The van der Waals surface area contributed by atoms with Crippen LogP contribution < -0.4 is 0 Å². The van der Waals surface area contributed by atoms with Crippen molar-refractivity contribution in [2.75, 3.05) is 0 Å². The highest BCUT2D eigenvalue weighted by Gasteiger charge is 2.35. The molecule has 1 saturated carbocycles. The highest BCUT2D eigenvalue weighted by molar-refractivity contribution is 5.28. The number of aliphatic hydroxyl groups excluding tert-OH is 2. The van der Waals surface area contributed by atoms with Gasteiger partial charge in [-0.05, 0) is 29.9 Å². The Bertz CT molecular complexity index is 575. The molecule has 23 heavy (non-hydrogen) atoms. The minimum atomic E-state index is -0.685. The van der Waals surface area contributed by atoms with Crippen molar-refractivity contribution >= 4 is 0 Å². The molecule has 2 heteroatoms. The SMILES string of the molecule is OC(C1CCCCC1)[C@H](c1ccccc1)[C@H](O)c1ccccc1. The van der Waals surface area contributed by atoms with Crippen LogP contribution in [-0.2, 0) is 0 Å². The molecule has 1 fully saturated rings. The van der Waals surface area contributed by atoms with Gasteiger partial charge in [0.25, 0.3) is 0 Å². The predicted molar refractivity (Wildman–Crippen MR) is 93.2 cm³/mol. The van der Waals surface area contributed by atoms with Crippen LogP contribution in [0.25, 0.3) is 0 Å². The monoisotopic (exact) mass is 310 g/mol. The molecule has 0 heterocycles. The third-order valence-electron chi connectivity index (χ3n) is 5.17. The summed E-state index contributed by atoms with van der Waals surface area (Å²) in [5.74, 6) is 0.00835. The summed E-state index contributed by atoms with van der Waals surface area (Å²) in [5.41, 5.74) is 1.89. The Morgan fingerprint density at radius 2 is 1.22 bits per heavy atom. The maximum absolute atomic E-state index is 11.1. The summed E-state index contributed by atoms with van der Waals surface area (Å²) in [6.45, 7) is 0. The first-order chi connectivity index (χ1) is 11.3. The van der Waals surface area contributed by atoms with Gasteiger partial charge in [-0.15, -0.1) is 0 Å². The van der Waals surface area contributed by atoms with E-state index in [9.17, 15) is 10.2 Å². The molecule has 2 aromatic carbocycles. The average Bonchev–Trinajstić information content (AvgIpc) is 2.64. The highest BCUT2D eigenvalue weighted by Crippen LogP contribution is 2.40. The molecule has 0 aromatic heterocycles. The molecule has 0 saturated heterocycles. The molecule has 2 nitrogen and oxygen atoms in total. The number of aliphatic hydroxyl groups is 2. The van der Waals surface area contributed by atoms with E-state index in [1.165, 1.54) is 19.3 Å². The minimum absolute atomic E-state index is 0.276. The van der Waals surface area contributed by atoms with E-state index >= 15 is 0 Å². The molecule has 0 radical (unpaired) electrons. The zero-order chi connectivity index (χ0) is 16.1. The Labute approximate surface area is 138 Å². The summed E-state index contributed by atoms with van der Waals surface area (Å²) in [4.78, 5) is 0. The normalized spacial score (nSPS) is 19.9. The Balaban J connectivity index is 1.90. The van der Waals surface area contributed by atoms with Crippen LogP contribution in [0.3, 0.4) is 0 Å². The van der Waals surface area contributed by atoms with Gasteiger partial charge >= 0.3 is 0 Å². The Morgan fingerprint density at radius 3 is 1.78 bits per heavy atom. The largest absolute Gasteiger partial charge is 0.392 e. The van der Waals surface area contributed by atoms with Crippen molar-refractivity contribution in [1.29, 1.82) is 0 Å². The second-order valence-electron chi connectivity index (χ2n) is 6.68. The van der Waals surface area contributed by atoms with Crippen LogP contribution in [0.2, 0.25) is 0 Å². The van der Waals surface area contributed by atoms with Gasteiger partial charge in [0.15, 0.2) is 0 Å². The van der Waals surface area contributed by atoms with E-state index in [1.54, 1.807) is 0 Å². The maximum Gasteiger partial charge on any atom is 0.0883 e. The average molecular weight is 310 g/mol. The van der Waals surface area contributed by atoms with Crippen LogP contribution in [0.15, 0.2) is 60.7 Å². The van der Waals surface area contributed by atoms with E-state index in [-0.39, 0.29) is 11.8 Å². The third-order valence-corrected chi connectivity index (χ3v) is 5.17. The molecule has 2 N–H and O–H groups in total. The quantitative estimate of drug-likeness (QED) is 0.857. The van der Waals surface area contributed by atoms with Crippen LogP contribution in [0, 0.1) is 5.92 Å². The van der Waals surface area contributed by atoms with E-state index in [0.29, 0.717) is 0 Å². The lowest BCUT2D eigenvalue weighted by Crippen LogP contribution is -2.33. The summed E-state index contributed by atoms with van der Waals surface area (Å²) in [7, 11) is 0. The zero-order valence-electron chi connectivity index (χ0n) is 13.5. The molecule has 3 atom stereocenters. The first kappa shape index (κ1) is 16.2. The molecule has 0 amide bonds. The lowest BCUT2D eigenvalue weighted by Gasteiger charge is -2.35. The van der Waals surface area contributed by atoms with E-state index in [1.807, 2.05) is 60.7 Å². The van der Waals surface area contributed by atoms with Gasteiger partial charge in [-0.2, -0.15) is 0 Å². The number of rotatable bonds is 5. The smallest absolute Gasteiger partial charge is 0.0883 e. The molecule has 2 aromatic rings. The fourth-order valence-electron chi connectivity index (χ4n) is 3.87. The van der Waals surface area contributed by atoms with Crippen LogP contribution in [0.4, 0.5) is 0 Å². The van der Waals surface area contributed by atoms with Crippen molar-refractivity contribution in [1.82, 2.24) is 0 Å². The number of hydrogen-bond donors (Lipinski definition) is 2. The second kappa shape index (κ2) is 7.76. The van der Waals surface area contributed by atoms with Gasteiger partial charge in [0.1, 0.15) is 0 Å². The highest BCUT2D eigenvalue weighted by atomic mass is 16.3. The fraction of sp³-hybridized carbons (Fsp3) is 0.429. The van der Waals surface area contributed by atoms with Crippen molar-refractivity contribution in [2.24, 2.45) is 5.92 Å². The fourth-order valence-corrected chi connectivity index (χ4v) is 3.87. The van der Waals surface area contributed by atoms with E-state index in [0.717, 1.165) is 24.0 Å². The molecule has 0 bridgehead atoms. The summed E-state index contributed by atoms with van der Waals surface area (Å²) in [6.07, 6.45) is 4.57. The number of hydrogen-bond acceptors (Lipinski definition) is 2. The lowest BCUT2D eigenvalue weighted by atomic mass is 9.75. The van der Waals surface area contributed by atoms with Crippen LogP contribution in [-0.4, -0.2) is 16.3 Å². The Kier molecular flexibility index (Phi) is 5.47. The van der Waals surface area contributed by atoms with Gasteiger partial charge in [-0.25, -0.2) is 0 Å². The van der Waals surface area contributed by atoms with Crippen molar-refractivity contribution in [2.45, 2.75) is 50.2 Å². The molecular weight excluding hydrogens is 284 g/mol. The first-order valence-corrected chi connectivity index (χ1v) is 8.73. The molecule has 122 valence electrons. The van der Waals surface area contributed by atoms with Gasteiger partial charge in [-0.1, -0.05) is 79.9 Å². The van der Waals surface area contributed by atoms with Gasteiger partial charge in [0, 0.05) is 5.92 Å². The standard InChI is InChI=1S/C21H26O2/c22-20(17-12-6-2-7-13-17)19(16-10-4-1-5-11-16)21(23)18-14-8-3-9-15-18/h1-2,4-7,10-13,18-23H,3,8-9,14-15H2/t19-,20-,21?/m1/s1. The van der Waals surface area contributed by atoms with Gasteiger partial charge in [-0.3, -0.25) is 0 Å². The van der Waals surface area contributed by atoms with E-state index in [2.05, 4.69) is 0 Å². The molecule has 1 aliphatic carbocycles. The lowest BCUT2D eigenvalue weighted by molar-refractivity contribution is 0.00622. The van der Waals surface area contributed by atoms with Crippen molar-refractivity contribution in [3.63, 3.8) is 0 Å². The van der Waals surface area contributed by atoms with E-state index < -0.39 is 12.2 Å². The molecule has 1 aliphatic rings. The molecular formula is C21H26O2. The Hall–Kier alpha value is -1.64. The zero-order valence-corrected chi connectivity index (χ0v) is 13.5. The topological polar surface area (TPSA) is 40.5 Å². The first-order valence-electron chi connectivity index (χ1n) is 8.73. The van der Waals surface area contributed by atoms with Crippen molar-refractivity contribution in [3.05, 3.63) is 71.8 Å². The van der Waals surface area contributed by atoms with Crippen LogP contribution in [0.1, 0.15) is 55.3 Å². The molecule has 3 rings (SSSR count). The molecule has 0 spiro atoms. The summed E-state index contributed by atoms with van der Waals surface area (Å²) in [5, 5.41) is 22.0. The second-order valence-corrected chi connectivity index (χ2v) is 6.68. The third kappa shape index (κ3) is 3.82. The molecule has 1 unspecified atom stereocenters. The van der Waals surface area contributed by atoms with Crippen LogP contribution >= 0.6 is 0 Å². The summed E-state index contributed by atoms with van der Waals surface area (Å²) < 4.78 is 0. The summed E-state index contributed by atoms with van der Waals surface area (Å²) in [6, 6.07) is 19.7. The van der Waals surface area contributed by atoms with Crippen LogP contribution in [0.5, 0.6) is 0 Å².